The highest BCUT2D eigenvalue weighted by Gasteiger charge is 2.09. The Morgan fingerprint density at radius 2 is 2.21 bits per heavy atom. The average Bonchev–Trinajstić information content (AvgIpc) is 2.62. The van der Waals surface area contributed by atoms with Gasteiger partial charge in [0, 0.05) is 16.6 Å². The average molecular weight is 210 g/mol. The van der Waals surface area contributed by atoms with Crippen molar-refractivity contribution in [1.29, 1.82) is 0 Å². The van der Waals surface area contributed by atoms with Crippen LogP contribution in [0.3, 0.4) is 0 Å². The second kappa shape index (κ2) is 3.35. The third-order valence-corrected chi connectivity index (χ3v) is 2.38. The predicted molar refractivity (Wildman–Crippen MR) is 54.8 cm³/mol. The van der Waals surface area contributed by atoms with Gasteiger partial charge in [0.05, 0.1) is 12.6 Å². The molecular weight excluding hydrogens is 202 g/mol. The van der Waals surface area contributed by atoms with E-state index < -0.39 is 6.09 Å². The van der Waals surface area contributed by atoms with Crippen LogP contribution in [0.4, 0.5) is 4.79 Å². The number of methoxy groups -OCH3 is 1. The van der Waals surface area contributed by atoms with E-state index in [0.29, 0.717) is 5.02 Å². The molecule has 0 spiro atoms. The molecule has 4 heteroatoms. The molecule has 0 bridgehead atoms. The zero-order chi connectivity index (χ0) is 10.1. The number of rotatable bonds is 0. The molecule has 3 nitrogen and oxygen atoms in total. The molecule has 1 heterocycles. The normalized spacial score (nSPS) is 10.4. The van der Waals surface area contributed by atoms with Crippen LogP contribution >= 0.6 is 11.6 Å². The Hall–Kier alpha value is -1.48. The Kier molecular flexibility index (Phi) is 2.17. The van der Waals surface area contributed by atoms with Gasteiger partial charge in [0.2, 0.25) is 0 Å². The van der Waals surface area contributed by atoms with Crippen molar-refractivity contribution < 1.29 is 9.53 Å². The minimum Gasteiger partial charge on any atom is -0.452 e. The lowest BCUT2D eigenvalue weighted by Gasteiger charge is -2.01. The summed E-state index contributed by atoms with van der Waals surface area (Å²) in [5.41, 5.74) is 0.754. The van der Waals surface area contributed by atoms with Crippen LogP contribution in [0.25, 0.3) is 10.9 Å². The maximum Gasteiger partial charge on any atom is 0.418 e. The quantitative estimate of drug-likeness (QED) is 0.668. The number of fused-ring (bicyclic) bond motifs is 1. The Morgan fingerprint density at radius 3 is 2.93 bits per heavy atom. The topological polar surface area (TPSA) is 31.2 Å². The number of benzene rings is 1. The summed E-state index contributed by atoms with van der Waals surface area (Å²) in [6.45, 7) is 0. The summed E-state index contributed by atoms with van der Waals surface area (Å²) in [6, 6.07) is 7.18. The van der Waals surface area contributed by atoms with Crippen LogP contribution < -0.4 is 0 Å². The van der Waals surface area contributed by atoms with Crippen LogP contribution in [-0.2, 0) is 4.74 Å². The largest absolute Gasteiger partial charge is 0.452 e. The van der Waals surface area contributed by atoms with E-state index in [1.54, 1.807) is 24.4 Å². The van der Waals surface area contributed by atoms with E-state index in [2.05, 4.69) is 4.74 Å². The predicted octanol–water partition coefficient (Wildman–Crippen LogP) is 2.91. The number of hydrogen-bond donors (Lipinski definition) is 0. The lowest BCUT2D eigenvalue weighted by molar-refractivity contribution is 0.174. The first-order valence-electron chi connectivity index (χ1n) is 4.08. The highest BCUT2D eigenvalue weighted by Crippen LogP contribution is 2.24. The van der Waals surface area contributed by atoms with E-state index in [1.165, 1.54) is 11.7 Å². The number of hydrogen-bond acceptors (Lipinski definition) is 2. The first-order valence-corrected chi connectivity index (χ1v) is 4.45. The highest BCUT2D eigenvalue weighted by atomic mass is 35.5. The van der Waals surface area contributed by atoms with Crippen LogP contribution in [0.2, 0.25) is 5.02 Å². The number of nitrogens with zero attached hydrogens (tertiary/aromatic N) is 1. The van der Waals surface area contributed by atoms with Crippen molar-refractivity contribution in [2.24, 2.45) is 0 Å². The summed E-state index contributed by atoms with van der Waals surface area (Å²) in [5, 5.41) is 1.48. The molecule has 0 aliphatic carbocycles. The standard InChI is InChI=1S/C10H8ClNO2/c1-14-10(13)12-6-5-7-8(11)3-2-4-9(7)12/h2-6H,1H3. The molecule has 0 aliphatic rings. The van der Waals surface area contributed by atoms with Gasteiger partial charge in [-0.1, -0.05) is 17.7 Å². The molecule has 0 unspecified atom stereocenters. The molecule has 2 aromatic rings. The second-order valence-corrected chi connectivity index (χ2v) is 3.24. The van der Waals surface area contributed by atoms with Crippen LogP contribution in [0.1, 0.15) is 0 Å². The molecule has 0 saturated carbocycles. The summed E-state index contributed by atoms with van der Waals surface area (Å²) >= 11 is 5.95. The maximum absolute atomic E-state index is 11.3. The van der Waals surface area contributed by atoms with Crippen LogP contribution in [-0.4, -0.2) is 17.8 Å². The van der Waals surface area contributed by atoms with Gasteiger partial charge in [-0.25, -0.2) is 4.79 Å². The number of carbonyl (C=O) groups is 1. The van der Waals surface area contributed by atoms with Crippen molar-refractivity contribution in [1.82, 2.24) is 4.57 Å². The van der Waals surface area contributed by atoms with Crippen LogP contribution in [0, 0.1) is 0 Å². The molecule has 0 fully saturated rings. The van der Waals surface area contributed by atoms with E-state index in [9.17, 15) is 4.79 Å². The van der Waals surface area contributed by atoms with Gasteiger partial charge in [0.1, 0.15) is 0 Å². The first kappa shape index (κ1) is 9.09. The number of ether oxygens (including phenoxy) is 1. The fourth-order valence-electron chi connectivity index (χ4n) is 1.39. The summed E-state index contributed by atoms with van der Waals surface area (Å²) < 4.78 is 6.04. The molecule has 0 atom stereocenters. The van der Waals surface area contributed by atoms with Gasteiger partial charge in [0.15, 0.2) is 0 Å². The van der Waals surface area contributed by atoms with Crippen LogP contribution in [0.15, 0.2) is 30.5 Å². The molecule has 1 aromatic heterocycles. The molecular formula is C10H8ClNO2. The number of aromatic nitrogens is 1. The fourth-order valence-corrected chi connectivity index (χ4v) is 1.62. The highest BCUT2D eigenvalue weighted by molar-refractivity contribution is 6.35. The van der Waals surface area contributed by atoms with E-state index in [1.807, 2.05) is 6.07 Å². The van der Waals surface area contributed by atoms with Gasteiger partial charge >= 0.3 is 6.09 Å². The van der Waals surface area contributed by atoms with Gasteiger partial charge in [0.25, 0.3) is 0 Å². The molecule has 0 N–H and O–H groups in total. The third kappa shape index (κ3) is 1.26. The van der Waals surface area contributed by atoms with E-state index in [-0.39, 0.29) is 0 Å². The summed E-state index contributed by atoms with van der Waals surface area (Å²) in [7, 11) is 1.35. The third-order valence-electron chi connectivity index (χ3n) is 2.05. The smallest absolute Gasteiger partial charge is 0.418 e. The summed E-state index contributed by atoms with van der Waals surface area (Å²) in [6.07, 6.45) is 1.23. The molecule has 0 aliphatic heterocycles. The molecule has 72 valence electrons. The Labute approximate surface area is 85.8 Å². The lowest BCUT2D eigenvalue weighted by atomic mass is 10.2. The van der Waals surface area contributed by atoms with E-state index in [4.69, 9.17) is 11.6 Å². The second-order valence-electron chi connectivity index (χ2n) is 2.83. The van der Waals surface area contributed by atoms with Crippen molar-refractivity contribution in [3.05, 3.63) is 35.5 Å². The molecule has 14 heavy (non-hydrogen) atoms. The lowest BCUT2D eigenvalue weighted by Crippen LogP contribution is -2.09. The van der Waals surface area contributed by atoms with E-state index in [0.717, 1.165) is 10.9 Å². The van der Waals surface area contributed by atoms with E-state index >= 15 is 0 Å². The Balaban J connectivity index is 2.70. The Morgan fingerprint density at radius 1 is 1.43 bits per heavy atom. The van der Waals surface area contributed by atoms with Crippen molar-refractivity contribution in [2.75, 3.05) is 7.11 Å². The van der Waals surface area contributed by atoms with Crippen molar-refractivity contribution in [3.63, 3.8) is 0 Å². The first-order chi connectivity index (χ1) is 6.74. The zero-order valence-electron chi connectivity index (χ0n) is 7.53. The van der Waals surface area contributed by atoms with Gasteiger partial charge < -0.3 is 4.74 Å². The van der Waals surface area contributed by atoms with Gasteiger partial charge in [-0.15, -0.1) is 0 Å². The van der Waals surface area contributed by atoms with Crippen molar-refractivity contribution in [2.45, 2.75) is 0 Å². The van der Waals surface area contributed by atoms with Gasteiger partial charge in [-0.3, -0.25) is 4.57 Å². The van der Waals surface area contributed by atoms with Gasteiger partial charge in [-0.2, -0.15) is 0 Å². The summed E-state index contributed by atoms with van der Waals surface area (Å²) in [4.78, 5) is 11.3. The van der Waals surface area contributed by atoms with Gasteiger partial charge in [-0.05, 0) is 18.2 Å². The number of halogens is 1. The summed E-state index contributed by atoms with van der Waals surface area (Å²) in [5.74, 6) is 0. The minimum atomic E-state index is -0.415. The Bertz CT molecular complexity index is 490. The minimum absolute atomic E-state index is 0.415. The zero-order valence-corrected chi connectivity index (χ0v) is 8.28. The molecule has 0 amide bonds. The molecule has 0 saturated heterocycles. The van der Waals surface area contributed by atoms with Crippen molar-refractivity contribution >= 4 is 28.6 Å². The molecule has 1 aromatic carbocycles. The monoisotopic (exact) mass is 209 g/mol. The molecule has 0 radical (unpaired) electrons. The maximum atomic E-state index is 11.3. The molecule has 2 rings (SSSR count). The van der Waals surface area contributed by atoms with Crippen LogP contribution in [0.5, 0.6) is 0 Å². The fraction of sp³-hybridized carbons (Fsp3) is 0.100. The van der Waals surface area contributed by atoms with Crippen molar-refractivity contribution in [3.8, 4) is 0 Å². The SMILES string of the molecule is COC(=O)n1ccc2c(Cl)cccc21. The number of carbonyl (C=O) groups excluding carboxylic acids is 1.